The summed E-state index contributed by atoms with van der Waals surface area (Å²) in [6.07, 6.45) is 5.63. The number of hydrogen-bond acceptors (Lipinski definition) is 3. The molecule has 0 spiro atoms. The predicted octanol–water partition coefficient (Wildman–Crippen LogP) is 5.36. The number of pyridine rings is 1. The Balaban J connectivity index is 1.81. The van der Waals surface area contributed by atoms with Gasteiger partial charge in [-0.1, -0.05) is 23.2 Å². The molecule has 3 heterocycles. The Bertz CT molecular complexity index is 1060. The fourth-order valence-electron chi connectivity index (χ4n) is 2.80. The molecule has 0 bridgehead atoms. The van der Waals surface area contributed by atoms with E-state index in [2.05, 4.69) is 9.97 Å². The Morgan fingerprint density at radius 2 is 1.92 bits per heavy atom. The summed E-state index contributed by atoms with van der Waals surface area (Å²) in [6, 6.07) is 6.81. The van der Waals surface area contributed by atoms with E-state index in [0.29, 0.717) is 18.0 Å². The van der Waals surface area contributed by atoms with Crippen LogP contribution in [0.1, 0.15) is 17.0 Å². The molecule has 0 fully saturated rings. The number of oxazole rings is 1. The highest BCUT2D eigenvalue weighted by molar-refractivity contribution is 6.36. The van der Waals surface area contributed by atoms with Gasteiger partial charge in [0.1, 0.15) is 11.6 Å². The number of rotatable bonds is 3. The summed E-state index contributed by atoms with van der Waals surface area (Å²) in [4.78, 5) is 8.70. The monoisotopic (exact) mass is 375 g/mol. The first-order valence-corrected chi connectivity index (χ1v) is 8.29. The maximum atomic E-state index is 13.4. The molecule has 0 unspecified atom stereocenters. The normalized spacial score (nSPS) is 11.4. The van der Waals surface area contributed by atoms with Gasteiger partial charge in [0.05, 0.1) is 17.4 Å². The zero-order valence-corrected chi connectivity index (χ0v) is 14.6. The smallest absolute Gasteiger partial charge is 0.306 e. The number of aryl methyl sites for hydroxylation is 1. The molecule has 0 aliphatic heterocycles. The van der Waals surface area contributed by atoms with Crippen molar-refractivity contribution in [2.45, 2.75) is 13.3 Å². The van der Waals surface area contributed by atoms with Crippen LogP contribution in [0.5, 0.6) is 0 Å². The Morgan fingerprint density at radius 1 is 1.16 bits per heavy atom. The lowest BCUT2D eigenvalue weighted by Crippen LogP contribution is -1.97. The average molecular weight is 376 g/mol. The Kier molecular flexibility index (Phi) is 3.98. The second-order valence-electron chi connectivity index (χ2n) is 5.65. The molecular weight excluding hydrogens is 364 g/mol. The zero-order chi connectivity index (χ0) is 17.6. The van der Waals surface area contributed by atoms with Crippen molar-refractivity contribution in [2.24, 2.45) is 0 Å². The summed E-state index contributed by atoms with van der Waals surface area (Å²) in [6.45, 7) is 1.84. The van der Waals surface area contributed by atoms with E-state index < -0.39 is 5.82 Å². The fourth-order valence-corrected chi connectivity index (χ4v) is 3.39. The summed E-state index contributed by atoms with van der Waals surface area (Å²) in [5.41, 5.74) is 2.33. The van der Waals surface area contributed by atoms with E-state index in [-0.39, 0.29) is 10.0 Å². The molecule has 4 rings (SSSR count). The molecule has 0 saturated carbocycles. The summed E-state index contributed by atoms with van der Waals surface area (Å²) in [7, 11) is 0. The second kappa shape index (κ2) is 6.17. The fraction of sp³-hybridized carbons (Fsp3) is 0.111. The Morgan fingerprint density at radius 3 is 2.60 bits per heavy atom. The van der Waals surface area contributed by atoms with Gasteiger partial charge in [0, 0.05) is 34.2 Å². The van der Waals surface area contributed by atoms with Gasteiger partial charge in [-0.05, 0) is 36.8 Å². The number of fused-ring (bicyclic) bond motifs is 1. The van der Waals surface area contributed by atoms with Crippen molar-refractivity contribution in [1.82, 2.24) is 14.5 Å². The molecule has 0 amide bonds. The lowest BCUT2D eigenvalue weighted by molar-refractivity contribution is 0.505. The molecule has 126 valence electrons. The number of benzene rings is 1. The molecule has 3 aromatic heterocycles. The van der Waals surface area contributed by atoms with Crippen LogP contribution in [0.2, 0.25) is 10.0 Å². The minimum atomic E-state index is -0.463. The quantitative estimate of drug-likeness (QED) is 0.484. The zero-order valence-electron chi connectivity index (χ0n) is 13.1. The van der Waals surface area contributed by atoms with Crippen molar-refractivity contribution in [2.75, 3.05) is 0 Å². The van der Waals surface area contributed by atoms with Crippen LogP contribution in [0.15, 0.2) is 47.3 Å². The van der Waals surface area contributed by atoms with Crippen LogP contribution in [0.25, 0.3) is 16.9 Å². The average Bonchev–Trinajstić information content (AvgIpc) is 3.17. The molecule has 0 aliphatic carbocycles. The van der Waals surface area contributed by atoms with Crippen molar-refractivity contribution in [3.8, 4) is 6.01 Å². The van der Waals surface area contributed by atoms with Gasteiger partial charge in [-0.2, -0.15) is 0 Å². The minimum absolute atomic E-state index is 0.284. The standard InChI is InChI=1S/C18H12Cl2FN3O/c1-10-9-23-18(25-10)24-5-3-12-16(22-4-2-17(12)24)8-13-14(19)6-11(21)7-15(13)20/h2-7,9H,8H2,1H3. The van der Waals surface area contributed by atoms with E-state index in [9.17, 15) is 4.39 Å². The third kappa shape index (κ3) is 2.90. The van der Waals surface area contributed by atoms with Gasteiger partial charge < -0.3 is 4.42 Å². The third-order valence-corrected chi connectivity index (χ3v) is 4.64. The van der Waals surface area contributed by atoms with E-state index in [1.165, 1.54) is 12.1 Å². The molecule has 0 atom stereocenters. The molecule has 4 aromatic rings. The van der Waals surface area contributed by atoms with Crippen LogP contribution in [0, 0.1) is 12.7 Å². The van der Waals surface area contributed by atoms with Crippen molar-refractivity contribution in [3.63, 3.8) is 0 Å². The lowest BCUT2D eigenvalue weighted by atomic mass is 10.1. The summed E-state index contributed by atoms with van der Waals surface area (Å²) >= 11 is 12.3. The van der Waals surface area contributed by atoms with Gasteiger partial charge in [-0.25, -0.2) is 9.37 Å². The van der Waals surface area contributed by atoms with Crippen LogP contribution in [-0.2, 0) is 6.42 Å². The Labute approximate surface area is 152 Å². The van der Waals surface area contributed by atoms with Gasteiger partial charge >= 0.3 is 6.01 Å². The van der Waals surface area contributed by atoms with E-state index in [4.69, 9.17) is 27.6 Å². The van der Waals surface area contributed by atoms with Crippen molar-refractivity contribution >= 4 is 34.1 Å². The topological polar surface area (TPSA) is 43.9 Å². The largest absolute Gasteiger partial charge is 0.428 e. The molecule has 0 N–H and O–H groups in total. The van der Waals surface area contributed by atoms with Gasteiger partial charge in [0.25, 0.3) is 0 Å². The van der Waals surface area contributed by atoms with E-state index >= 15 is 0 Å². The maximum Gasteiger partial charge on any atom is 0.306 e. The lowest BCUT2D eigenvalue weighted by Gasteiger charge is -2.08. The van der Waals surface area contributed by atoms with E-state index in [1.54, 1.807) is 12.4 Å². The highest BCUT2D eigenvalue weighted by atomic mass is 35.5. The van der Waals surface area contributed by atoms with Crippen molar-refractivity contribution in [1.29, 1.82) is 0 Å². The van der Waals surface area contributed by atoms with Gasteiger partial charge in [0.15, 0.2) is 0 Å². The first-order chi connectivity index (χ1) is 12.0. The molecule has 0 saturated heterocycles. The van der Waals surface area contributed by atoms with E-state index in [0.717, 1.165) is 22.4 Å². The molecule has 7 heteroatoms. The maximum absolute atomic E-state index is 13.4. The van der Waals surface area contributed by atoms with Gasteiger partial charge in [-0.15, -0.1) is 0 Å². The second-order valence-corrected chi connectivity index (χ2v) is 6.47. The summed E-state index contributed by atoms with van der Waals surface area (Å²) in [5, 5.41) is 1.49. The molecule has 0 aliphatic rings. The minimum Gasteiger partial charge on any atom is -0.428 e. The molecular formula is C18H12Cl2FN3O. The van der Waals surface area contributed by atoms with Gasteiger partial charge in [-0.3, -0.25) is 9.55 Å². The third-order valence-electron chi connectivity index (χ3n) is 3.96. The van der Waals surface area contributed by atoms with Crippen LogP contribution in [0.4, 0.5) is 4.39 Å². The van der Waals surface area contributed by atoms with Crippen molar-refractivity contribution < 1.29 is 8.81 Å². The number of aromatic nitrogens is 3. The first-order valence-electron chi connectivity index (χ1n) is 7.54. The molecule has 25 heavy (non-hydrogen) atoms. The molecule has 1 aromatic carbocycles. The summed E-state index contributed by atoms with van der Waals surface area (Å²) in [5.74, 6) is 0.270. The Hall–Kier alpha value is -2.37. The first kappa shape index (κ1) is 16.1. The van der Waals surface area contributed by atoms with Crippen LogP contribution < -0.4 is 0 Å². The number of hydrogen-bond donors (Lipinski definition) is 0. The number of halogens is 3. The highest BCUT2D eigenvalue weighted by Gasteiger charge is 2.15. The SMILES string of the molecule is Cc1cnc(-n2ccc3c(Cc4c(Cl)cc(F)cc4Cl)nccc32)o1. The predicted molar refractivity (Wildman–Crippen MR) is 95.1 cm³/mol. The molecule has 0 radical (unpaired) electrons. The van der Waals surface area contributed by atoms with E-state index in [1.807, 2.05) is 29.8 Å². The van der Waals surface area contributed by atoms with Crippen LogP contribution in [0.3, 0.4) is 0 Å². The highest BCUT2D eigenvalue weighted by Crippen LogP contribution is 2.30. The van der Waals surface area contributed by atoms with Crippen LogP contribution in [-0.4, -0.2) is 14.5 Å². The molecule has 4 nitrogen and oxygen atoms in total. The summed E-state index contributed by atoms with van der Waals surface area (Å²) < 4.78 is 20.8. The van der Waals surface area contributed by atoms with Crippen molar-refractivity contribution in [3.05, 3.63) is 75.7 Å². The van der Waals surface area contributed by atoms with Crippen LogP contribution >= 0.6 is 23.2 Å². The number of nitrogens with zero attached hydrogens (tertiary/aromatic N) is 3. The van der Waals surface area contributed by atoms with Gasteiger partial charge in [0.2, 0.25) is 0 Å².